The zero-order valence-electron chi connectivity index (χ0n) is 6.08. The molecule has 0 radical (unpaired) electrons. The lowest BCUT2D eigenvalue weighted by Crippen LogP contribution is -2.36. The van der Waals surface area contributed by atoms with E-state index in [1.165, 1.54) is 19.3 Å². The molecule has 0 amide bonds. The second-order valence-electron chi connectivity index (χ2n) is 3.28. The van der Waals surface area contributed by atoms with Gasteiger partial charge in [-0.2, -0.15) is 10.2 Å². The average Bonchev–Trinajstić information content (AvgIpc) is 2.69. The van der Waals surface area contributed by atoms with Gasteiger partial charge in [-0.3, -0.25) is 0 Å². The molecule has 3 nitrogen and oxygen atoms in total. The first kappa shape index (κ1) is 6.28. The Balaban J connectivity index is 2.02. The lowest BCUT2D eigenvalue weighted by atomic mass is 10.0. The van der Waals surface area contributed by atoms with E-state index in [1.54, 1.807) is 0 Å². The molecular formula is C7H13N3. The van der Waals surface area contributed by atoms with Crippen LogP contribution in [0.1, 0.15) is 32.1 Å². The maximum Gasteiger partial charge on any atom is 0.205 e. The molecule has 0 saturated heterocycles. The van der Waals surface area contributed by atoms with Gasteiger partial charge in [-0.25, -0.2) is 0 Å². The van der Waals surface area contributed by atoms with E-state index in [1.807, 2.05) is 0 Å². The predicted octanol–water partition coefficient (Wildman–Crippen LogP) is 1.44. The number of nitrogens with zero attached hydrogens (tertiary/aromatic N) is 2. The van der Waals surface area contributed by atoms with Crippen molar-refractivity contribution >= 4 is 0 Å². The lowest BCUT2D eigenvalue weighted by molar-refractivity contribution is 0.445. The fraction of sp³-hybridized carbons (Fsp3) is 1.00. The summed E-state index contributed by atoms with van der Waals surface area (Å²) < 4.78 is 0. The van der Waals surface area contributed by atoms with Crippen LogP contribution < -0.4 is 5.73 Å². The van der Waals surface area contributed by atoms with Crippen molar-refractivity contribution in [1.29, 1.82) is 0 Å². The summed E-state index contributed by atoms with van der Waals surface area (Å²) in [7, 11) is 0. The molecule has 1 aliphatic carbocycles. The van der Waals surface area contributed by atoms with Crippen LogP contribution in [0.25, 0.3) is 0 Å². The van der Waals surface area contributed by atoms with Crippen LogP contribution in [-0.4, -0.2) is 11.7 Å². The summed E-state index contributed by atoms with van der Waals surface area (Å²) in [6.07, 6.45) is 6.01. The van der Waals surface area contributed by atoms with Gasteiger partial charge < -0.3 is 5.73 Å². The molecule has 0 aromatic rings. The quantitative estimate of drug-likeness (QED) is 0.542. The van der Waals surface area contributed by atoms with Crippen molar-refractivity contribution in [2.24, 2.45) is 16.0 Å². The van der Waals surface area contributed by atoms with Crippen molar-refractivity contribution in [3.8, 4) is 0 Å². The van der Waals surface area contributed by atoms with Crippen molar-refractivity contribution in [3.05, 3.63) is 0 Å². The molecule has 1 heterocycles. The Labute approximate surface area is 60.7 Å². The van der Waals surface area contributed by atoms with Crippen molar-refractivity contribution in [3.63, 3.8) is 0 Å². The molecule has 2 rings (SSSR count). The van der Waals surface area contributed by atoms with Gasteiger partial charge in [0.2, 0.25) is 5.66 Å². The maximum atomic E-state index is 5.89. The lowest BCUT2D eigenvalue weighted by Gasteiger charge is -2.13. The van der Waals surface area contributed by atoms with Gasteiger partial charge in [0.25, 0.3) is 0 Å². The van der Waals surface area contributed by atoms with Gasteiger partial charge in [-0.1, -0.05) is 12.8 Å². The van der Waals surface area contributed by atoms with E-state index < -0.39 is 0 Å². The van der Waals surface area contributed by atoms with Gasteiger partial charge in [-0.05, 0) is 19.3 Å². The highest BCUT2D eigenvalue weighted by molar-refractivity contribution is 5.02. The first-order chi connectivity index (χ1) is 4.83. The van der Waals surface area contributed by atoms with Gasteiger partial charge in [0.15, 0.2) is 0 Å². The highest BCUT2D eigenvalue weighted by atomic mass is 15.5. The van der Waals surface area contributed by atoms with E-state index in [0.29, 0.717) is 0 Å². The monoisotopic (exact) mass is 139 g/mol. The molecule has 1 aliphatic heterocycles. The van der Waals surface area contributed by atoms with Gasteiger partial charge in [0.05, 0.1) is 6.04 Å². The fourth-order valence-corrected chi connectivity index (χ4v) is 1.66. The minimum Gasteiger partial charge on any atom is -0.324 e. The molecule has 0 bridgehead atoms. The zero-order valence-corrected chi connectivity index (χ0v) is 6.08. The minimum absolute atomic E-state index is 0.101. The Morgan fingerprint density at radius 3 is 2.70 bits per heavy atom. The molecule has 1 atom stereocenters. The Morgan fingerprint density at radius 1 is 1.20 bits per heavy atom. The summed E-state index contributed by atoms with van der Waals surface area (Å²) >= 11 is 0. The number of nitrogens with two attached hydrogens (primary N) is 1. The number of hydrogen-bond donors (Lipinski definition) is 1. The van der Waals surface area contributed by atoms with Crippen LogP contribution >= 0.6 is 0 Å². The molecule has 2 aliphatic rings. The fourth-order valence-electron chi connectivity index (χ4n) is 1.66. The van der Waals surface area contributed by atoms with Crippen molar-refractivity contribution in [1.82, 2.24) is 0 Å². The van der Waals surface area contributed by atoms with E-state index in [9.17, 15) is 0 Å². The molecular weight excluding hydrogens is 126 g/mol. The van der Waals surface area contributed by atoms with Crippen LogP contribution in [0, 0.1) is 0 Å². The third-order valence-electron chi connectivity index (χ3n) is 2.51. The molecule has 1 saturated carbocycles. The third-order valence-corrected chi connectivity index (χ3v) is 2.51. The molecule has 2 N–H and O–H groups in total. The predicted molar refractivity (Wildman–Crippen MR) is 38.6 cm³/mol. The van der Waals surface area contributed by atoms with Crippen molar-refractivity contribution in [2.75, 3.05) is 0 Å². The first-order valence-corrected chi connectivity index (χ1v) is 4.03. The standard InChI is InChI=1S/C7H13N3/c8-6-4-2-1-3-5-7(6)9-10-7/h6H,1-5,8H2. The summed E-state index contributed by atoms with van der Waals surface area (Å²) in [6.45, 7) is 0. The van der Waals surface area contributed by atoms with E-state index in [-0.39, 0.29) is 11.7 Å². The first-order valence-electron chi connectivity index (χ1n) is 4.03. The second-order valence-corrected chi connectivity index (χ2v) is 3.28. The molecule has 10 heavy (non-hydrogen) atoms. The molecule has 56 valence electrons. The topological polar surface area (TPSA) is 50.7 Å². The maximum absolute atomic E-state index is 5.89. The van der Waals surface area contributed by atoms with Crippen LogP contribution in [0.5, 0.6) is 0 Å². The van der Waals surface area contributed by atoms with E-state index >= 15 is 0 Å². The van der Waals surface area contributed by atoms with Crippen molar-refractivity contribution < 1.29 is 0 Å². The smallest absolute Gasteiger partial charge is 0.205 e. The number of hydrogen-bond acceptors (Lipinski definition) is 3. The van der Waals surface area contributed by atoms with Crippen LogP contribution in [0.15, 0.2) is 10.2 Å². The molecule has 1 unspecified atom stereocenters. The third kappa shape index (κ3) is 0.850. The van der Waals surface area contributed by atoms with Gasteiger partial charge in [-0.15, -0.1) is 0 Å². The highest BCUT2D eigenvalue weighted by Crippen LogP contribution is 2.40. The van der Waals surface area contributed by atoms with Crippen LogP contribution in [0.2, 0.25) is 0 Å². The zero-order chi connectivity index (χ0) is 7.03. The average molecular weight is 139 g/mol. The summed E-state index contributed by atoms with van der Waals surface area (Å²) in [6, 6.07) is 0.218. The Hall–Kier alpha value is -0.440. The summed E-state index contributed by atoms with van der Waals surface area (Å²) in [5, 5.41) is 8.07. The summed E-state index contributed by atoms with van der Waals surface area (Å²) in [5.41, 5.74) is 5.79. The Bertz CT molecular complexity index is 158. The van der Waals surface area contributed by atoms with Gasteiger partial charge in [0.1, 0.15) is 0 Å². The van der Waals surface area contributed by atoms with Crippen molar-refractivity contribution in [2.45, 2.75) is 43.8 Å². The Kier molecular flexibility index (Phi) is 1.27. The molecule has 0 aromatic heterocycles. The van der Waals surface area contributed by atoms with E-state index in [2.05, 4.69) is 10.2 Å². The molecule has 1 fully saturated rings. The Morgan fingerprint density at radius 2 is 2.00 bits per heavy atom. The largest absolute Gasteiger partial charge is 0.324 e. The summed E-state index contributed by atoms with van der Waals surface area (Å²) in [4.78, 5) is 0. The van der Waals surface area contributed by atoms with Gasteiger partial charge in [0, 0.05) is 0 Å². The molecule has 1 spiro atoms. The number of rotatable bonds is 0. The van der Waals surface area contributed by atoms with E-state index in [4.69, 9.17) is 5.73 Å². The molecule has 0 aromatic carbocycles. The van der Waals surface area contributed by atoms with E-state index in [0.717, 1.165) is 12.8 Å². The SMILES string of the molecule is NC1CCCCCC12N=N2. The highest BCUT2D eigenvalue weighted by Gasteiger charge is 2.46. The van der Waals surface area contributed by atoms with Crippen LogP contribution in [0.3, 0.4) is 0 Å². The minimum atomic E-state index is -0.101. The normalized spacial score (nSPS) is 35.9. The molecule has 3 heteroatoms. The van der Waals surface area contributed by atoms with Crippen LogP contribution in [0.4, 0.5) is 0 Å². The van der Waals surface area contributed by atoms with Gasteiger partial charge >= 0.3 is 0 Å². The second kappa shape index (κ2) is 2.02. The summed E-state index contributed by atoms with van der Waals surface area (Å²) in [5.74, 6) is 0. The van der Waals surface area contributed by atoms with Crippen LogP contribution in [-0.2, 0) is 0 Å².